The van der Waals surface area contributed by atoms with Crippen molar-refractivity contribution in [2.24, 2.45) is 0 Å². The van der Waals surface area contributed by atoms with Gasteiger partial charge in [0, 0.05) is 0 Å². The van der Waals surface area contributed by atoms with Crippen LogP contribution in [0.2, 0.25) is 0 Å². The van der Waals surface area contributed by atoms with Crippen LogP contribution in [0.3, 0.4) is 0 Å². The van der Waals surface area contributed by atoms with Crippen LogP contribution in [-0.4, -0.2) is 16.8 Å². The molecule has 0 bridgehead atoms. The number of aliphatic hydroxyl groups excluding tert-OH is 2. The molecule has 2 nitrogen and oxygen atoms in total. The van der Waals surface area contributed by atoms with Crippen LogP contribution in [0.15, 0.2) is 18.2 Å². The minimum absolute atomic E-state index is 0.385. The number of halogens is 1. The lowest BCUT2D eigenvalue weighted by atomic mass is 10.0. The molecular weight excluding hydrogens is 159 g/mol. The van der Waals surface area contributed by atoms with Gasteiger partial charge in [0.15, 0.2) is 0 Å². The van der Waals surface area contributed by atoms with Crippen molar-refractivity contribution in [3.63, 3.8) is 0 Å². The van der Waals surface area contributed by atoms with E-state index in [9.17, 15) is 9.50 Å². The maximum absolute atomic E-state index is 12.7. The highest BCUT2D eigenvalue weighted by atomic mass is 19.1. The molecule has 0 amide bonds. The summed E-state index contributed by atoms with van der Waals surface area (Å²) in [7, 11) is 0. The van der Waals surface area contributed by atoms with Crippen molar-refractivity contribution in [3.05, 3.63) is 35.1 Å². The van der Waals surface area contributed by atoms with Crippen molar-refractivity contribution in [2.75, 3.05) is 6.61 Å². The van der Waals surface area contributed by atoms with Gasteiger partial charge in [0.25, 0.3) is 0 Å². The van der Waals surface area contributed by atoms with Gasteiger partial charge in [0.2, 0.25) is 0 Å². The van der Waals surface area contributed by atoms with Crippen molar-refractivity contribution < 1.29 is 14.6 Å². The number of benzene rings is 1. The van der Waals surface area contributed by atoms with Crippen molar-refractivity contribution in [1.29, 1.82) is 0 Å². The molecular formula is C9H11FO2. The molecule has 0 radical (unpaired) electrons. The Morgan fingerprint density at radius 1 is 1.50 bits per heavy atom. The van der Waals surface area contributed by atoms with Gasteiger partial charge >= 0.3 is 0 Å². The summed E-state index contributed by atoms with van der Waals surface area (Å²) in [6.45, 7) is 1.37. The molecule has 1 aromatic carbocycles. The van der Waals surface area contributed by atoms with E-state index >= 15 is 0 Å². The summed E-state index contributed by atoms with van der Waals surface area (Å²) in [5, 5.41) is 17.8. The van der Waals surface area contributed by atoms with Gasteiger partial charge in [0.05, 0.1) is 6.61 Å². The Bertz CT molecular complexity index is 273. The van der Waals surface area contributed by atoms with E-state index in [1.807, 2.05) is 0 Å². The van der Waals surface area contributed by atoms with Crippen LogP contribution < -0.4 is 0 Å². The summed E-state index contributed by atoms with van der Waals surface area (Å²) in [6, 6.07) is 4.13. The van der Waals surface area contributed by atoms with E-state index in [2.05, 4.69) is 0 Å². The SMILES string of the molecule is Cc1ccc(F)cc1C(O)CO. The minimum Gasteiger partial charge on any atom is -0.393 e. The molecule has 0 saturated carbocycles. The second kappa shape index (κ2) is 3.65. The van der Waals surface area contributed by atoms with Crippen molar-refractivity contribution >= 4 is 0 Å². The van der Waals surface area contributed by atoms with E-state index in [4.69, 9.17) is 5.11 Å². The topological polar surface area (TPSA) is 40.5 Å². The molecule has 3 heteroatoms. The number of aryl methyl sites for hydroxylation is 1. The highest BCUT2D eigenvalue weighted by Crippen LogP contribution is 2.17. The predicted molar refractivity (Wildman–Crippen MR) is 43.2 cm³/mol. The van der Waals surface area contributed by atoms with Gasteiger partial charge < -0.3 is 10.2 Å². The average Bonchev–Trinajstić information content (AvgIpc) is 2.08. The first-order valence-corrected chi connectivity index (χ1v) is 3.70. The Morgan fingerprint density at radius 2 is 2.17 bits per heavy atom. The molecule has 0 heterocycles. The maximum Gasteiger partial charge on any atom is 0.123 e. The van der Waals surface area contributed by atoms with Gasteiger partial charge in [-0.05, 0) is 30.2 Å². The summed E-state index contributed by atoms with van der Waals surface area (Å²) in [5.74, 6) is -0.400. The quantitative estimate of drug-likeness (QED) is 0.699. The summed E-state index contributed by atoms with van der Waals surface area (Å²) < 4.78 is 12.7. The van der Waals surface area contributed by atoms with Crippen LogP contribution in [0.1, 0.15) is 17.2 Å². The van der Waals surface area contributed by atoms with Gasteiger partial charge in [-0.15, -0.1) is 0 Å². The fourth-order valence-electron chi connectivity index (χ4n) is 1.07. The predicted octanol–water partition coefficient (Wildman–Crippen LogP) is 1.16. The second-order valence-electron chi connectivity index (χ2n) is 2.70. The molecule has 0 spiro atoms. The lowest BCUT2D eigenvalue weighted by molar-refractivity contribution is 0.0949. The number of aliphatic hydroxyl groups is 2. The molecule has 66 valence electrons. The monoisotopic (exact) mass is 170 g/mol. The molecule has 1 aromatic rings. The summed E-state index contributed by atoms with van der Waals surface area (Å²) in [6.07, 6.45) is -0.985. The molecule has 0 aliphatic carbocycles. The van der Waals surface area contributed by atoms with Crippen molar-refractivity contribution in [2.45, 2.75) is 13.0 Å². The third-order valence-electron chi connectivity index (χ3n) is 1.77. The third-order valence-corrected chi connectivity index (χ3v) is 1.77. The molecule has 1 rings (SSSR count). The lowest BCUT2D eigenvalue weighted by Crippen LogP contribution is -2.04. The van der Waals surface area contributed by atoms with E-state index in [1.165, 1.54) is 12.1 Å². The zero-order chi connectivity index (χ0) is 9.14. The summed E-state index contributed by atoms with van der Waals surface area (Å²) in [4.78, 5) is 0. The van der Waals surface area contributed by atoms with Crippen LogP contribution in [0, 0.1) is 12.7 Å². The first-order valence-electron chi connectivity index (χ1n) is 3.70. The van der Waals surface area contributed by atoms with Gasteiger partial charge in [0.1, 0.15) is 11.9 Å². The Hall–Kier alpha value is -0.930. The van der Waals surface area contributed by atoms with E-state index < -0.39 is 11.9 Å². The molecule has 1 unspecified atom stereocenters. The Kier molecular flexibility index (Phi) is 2.78. The first-order chi connectivity index (χ1) is 5.65. The maximum atomic E-state index is 12.7. The van der Waals surface area contributed by atoms with Crippen LogP contribution in [0.5, 0.6) is 0 Å². The van der Waals surface area contributed by atoms with E-state index in [-0.39, 0.29) is 6.61 Å². The normalized spacial score (nSPS) is 13.0. The van der Waals surface area contributed by atoms with Gasteiger partial charge in [-0.1, -0.05) is 6.07 Å². The van der Waals surface area contributed by atoms with Crippen molar-refractivity contribution in [3.8, 4) is 0 Å². The van der Waals surface area contributed by atoms with E-state index in [0.29, 0.717) is 5.56 Å². The molecule has 0 fully saturated rings. The van der Waals surface area contributed by atoms with Gasteiger partial charge in [-0.3, -0.25) is 0 Å². The number of rotatable bonds is 2. The van der Waals surface area contributed by atoms with Crippen molar-refractivity contribution in [1.82, 2.24) is 0 Å². The molecule has 12 heavy (non-hydrogen) atoms. The smallest absolute Gasteiger partial charge is 0.123 e. The fraction of sp³-hybridized carbons (Fsp3) is 0.333. The summed E-state index contributed by atoms with van der Waals surface area (Å²) in [5.41, 5.74) is 1.22. The minimum atomic E-state index is -0.985. The standard InChI is InChI=1S/C9H11FO2/c1-6-2-3-7(10)4-8(6)9(12)5-11/h2-4,9,11-12H,5H2,1H3. The second-order valence-corrected chi connectivity index (χ2v) is 2.70. The molecule has 0 saturated heterocycles. The molecule has 2 N–H and O–H groups in total. The zero-order valence-corrected chi connectivity index (χ0v) is 6.79. The van der Waals surface area contributed by atoms with Gasteiger partial charge in [-0.2, -0.15) is 0 Å². The van der Waals surface area contributed by atoms with Crippen LogP contribution in [0.4, 0.5) is 4.39 Å². The first kappa shape index (κ1) is 9.16. The highest BCUT2D eigenvalue weighted by molar-refractivity contribution is 5.28. The Labute approximate surface area is 70.3 Å². The Balaban J connectivity index is 3.04. The average molecular weight is 170 g/mol. The van der Waals surface area contributed by atoms with E-state index in [1.54, 1.807) is 13.0 Å². The lowest BCUT2D eigenvalue weighted by Gasteiger charge is -2.10. The summed E-state index contributed by atoms with van der Waals surface area (Å²) >= 11 is 0. The largest absolute Gasteiger partial charge is 0.393 e. The number of hydrogen-bond acceptors (Lipinski definition) is 2. The molecule has 0 aliphatic rings. The molecule has 0 aromatic heterocycles. The fourth-order valence-corrected chi connectivity index (χ4v) is 1.07. The van der Waals surface area contributed by atoms with E-state index in [0.717, 1.165) is 5.56 Å². The third kappa shape index (κ3) is 1.81. The molecule has 0 aliphatic heterocycles. The zero-order valence-electron chi connectivity index (χ0n) is 6.79. The van der Waals surface area contributed by atoms with Crippen LogP contribution >= 0.6 is 0 Å². The van der Waals surface area contributed by atoms with Crippen LogP contribution in [0.25, 0.3) is 0 Å². The highest BCUT2D eigenvalue weighted by Gasteiger charge is 2.09. The Morgan fingerprint density at radius 3 is 2.75 bits per heavy atom. The van der Waals surface area contributed by atoms with Crippen LogP contribution in [-0.2, 0) is 0 Å². The number of hydrogen-bond donors (Lipinski definition) is 2. The van der Waals surface area contributed by atoms with Gasteiger partial charge in [-0.25, -0.2) is 4.39 Å². The molecule has 1 atom stereocenters.